The Morgan fingerprint density at radius 2 is 1.96 bits per heavy atom. The lowest BCUT2D eigenvalue weighted by Crippen LogP contribution is -2.48. The Labute approximate surface area is 266 Å². The van der Waals surface area contributed by atoms with E-state index in [0.29, 0.717) is 54.7 Å². The van der Waals surface area contributed by atoms with Gasteiger partial charge in [0.2, 0.25) is 5.88 Å². The largest absolute Gasteiger partial charge is 0.489 e. The summed E-state index contributed by atoms with van der Waals surface area (Å²) in [5, 5.41) is 12.8. The normalized spacial score (nSPS) is 21.9. The summed E-state index contributed by atoms with van der Waals surface area (Å²) in [5.41, 5.74) is 1.32. The number of benzene rings is 1. The number of carbonyl (C=O) groups is 1. The summed E-state index contributed by atoms with van der Waals surface area (Å²) in [5.74, 6) is 0.743. The van der Waals surface area contributed by atoms with Crippen molar-refractivity contribution in [2.75, 3.05) is 38.2 Å². The molecule has 3 atom stereocenters. The van der Waals surface area contributed by atoms with Crippen molar-refractivity contribution < 1.29 is 27.4 Å². The Morgan fingerprint density at radius 3 is 2.65 bits per heavy atom. The zero-order valence-corrected chi connectivity index (χ0v) is 25.9. The fraction of sp³-hybridized carbons (Fsp3) is 0.471. The first kappa shape index (κ1) is 31.6. The van der Waals surface area contributed by atoms with E-state index < -0.39 is 11.7 Å². The van der Waals surface area contributed by atoms with E-state index in [-0.39, 0.29) is 35.4 Å². The smallest absolute Gasteiger partial charge is 0.416 e. The minimum atomic E-state index is -4.55. The summed E-state index contributed by atoms with van der Waals surface area (Å²) in [6, 6.07) is 12.5. The summed E-state index contributed by atoms with van der Waals surface area (Å²) in [6.07, 6.45) is 0.898. The van der Waals surface area contributed by atoms with Gasteiger partial charge in [-0.1, -0.05) is 0 Å². The number of hydrogen-bond donors (Lipinski definition) is 1. The van der Waals surface area contributed by atoms with Gasteiger partial charge in [-0.15, -0.1) is 0 Å². The van der Waals surface area contributed by atoms with Crippen LogP contribution in [0.3, 0.4) is 0 Å². The number of nitrogens with one attached hydrogen (secondary N) is 1. The number of nitriles is 1. The molecule has 46 heavy (non-hydrogen) atoms. The molecule has 12 heteroatoms. The Bertz CT molecular complexity index is 1620. The first-order chi connectivity index (χ1) is 22.1. The highest BCUT2D eigenvalue weighted by Crippen LogP contribution is 2.43. The molecular weight excluding hydrogens is 597 g/mol. The number of amides is 1. The van der Waals surface area contributed by atoms with Crippen molar-refractivity contribution in [1.29, 1.82) is 5.26 Å². The quantitative estimate of drug-likeness (QED) is 0.320. The van der Waals surface area contributed by atoms with Gasteiger partial charge in [0, 0.05) is 44.2 Å². The van der Waals surface area contributed by atoms with Crippen molar-refractivity contribution >= 4 is 11.6 Å². The van der Waals surface area contributed by atoms with Crippen LogP contribution in [0.1, 0.15) is 60.6 Å². The molecule has 1 amide bonds. The van der Waals surface area contributed by atoms with Crippen LogP contribution in [0.25, 0.3) is 11.3 Å². The van der Waals surface area contributed by atoms with Crippen molar-refractivity contribution in [3.63, 3.8) is 0 Å². The highest BCUT2D eigenvalue weighted by molar-refractivity contribution is 5.99. The Morgan fingerprint density at radius 1 is 1.13 bits per heavy atom. The van der Waals surface area contributed by atoms with Gasteiger partial charge in [0.1, 0.15) is 17.9 Å². The van der Waals surface area contributed by atoms with E-state index in [1.807, 2.05) is 44.3 Å². The number of alkyl halides is 3. The fourth-order valence-electron chi connectivity index (χ4n) is 6.52. The summed E-state index contributed by atoms with van der Waals surface area (Å²) >= 11 is 0. The van der Waals surface area contributed by atoms with E-state index in [4.69, 9.17) is 14.5 Å². The van der Waals surface area contributed by atoms with Crippen LogP contribution in [0, 0.1) is 17.2 Å². The fourth-order valence-corrected chi connectivity index (χ4v) is 6.52. The monoisotopic (exact) mass is 634 g/mol. The molecule has 1 N–H and O–H groups in total. The number of rotatable bonds is 9. The van der Waals surface area contributed by atoms with Crippen LogP contribution < -0.4 is 19.7 Å². The second-order valence-electron chi connectivity index (χ2n) is 12.3. The second kappa shape index (κ2) is 13.2. The highest BCUT2D eigenvalue weighted by Gasteiger charge is 2.42. The van der Waals surface area contributed by atoms with Crippen molar-refractivity contribution in [2.24, 2.45) is 5.92 Å². The molecule has 0 bridgehead atoms. The van der Waals surface area contributed by atoms with E-state index in [2.05, 4.69) is 20.1 Å². The Kier molecular flexibility index (Phi) is 9.04. The minimum Gasteiger partial charge on any atom is -0.489 e. The second-order valence-corrected chi connectivity index (χ2v) is 12.3. The topological polar surface area (TPSA) is 104 Å². The molecule has 2 aromatic heterocycles. The number of pyridine rings is 2. The van der Waals surface area contributed by atoms with Crippen LogP contribution in [0.15, 0.2) is 48.7 Å². The molecule has 9 nitrogen and oxygen atoms in total. The number of piperidine rings is 1. The van der Waals surface area contributed by atoms with Gasteiger partial charge in [-0.3, -0.25) is 4.79 Å². The van der Waals surface area contributed by atoms with Crippen LogP contribution in [0.5, 0.6) is 11.6 Å². The van der Waals surface area contributed by atoms with E-state index in [1.165, 1.54) is 6.07 Å². The molecule has 1 aromatic carbocycles. The van der Waals surface area contributed by atoms with Crippen LogP contribution in [0.4, 0.5) is 18.9 Å². The van der Waals surface area contributed by atoms with Crippen LogP contribution in [-0.4, -0.2) is 72.3 Å². The van der Waals surface area contributed by atoms with Crippen LogP contribution >= 0.6 is 0 Å². The predicted octanol–water partition coefficient (Wildman–Crippen LogP) is 5.69. The van der Waals surface area contributed by atoms with E-state index in [9.17, 15) is 23.2 Å². The zero-order valence-electron chi connectivity index (χ0n) is 25.9. The number of ether oxygens (including phenoxy) is 2. The molecule has 6 rings (SSSR count). The third kappa shape index (κ3) is 6.89. The molecule has 1 saturated carbocycles. The third-order valence-corrected chi connectivity index (χ3v) is 8.94. The molecular formula is C34H37F3N6O3. The number of carbonyl (C=O) groups excluding carboxylic acids is 1. The summed E-state index contributed by atoms with van der Waals surface area (Å²) in [7, 11) is 2.03. The first-order valence-electron chi connectivity index (χ1n) is 15.8. The number of likely N-dealkylation sites (tertiary alicyclic amines) is 1. The average molecular weight is 635 g/mol. The van der Waals surface area contributed by atoms with Crippen molar-refractivity contribution in [3.05, 3.63) is 65.5 Å². The highest BCUT2D eigenvalue weighted by atomic mass is 19.4. The molecule has 3 fully saturated rings. The number of likely N-dealkylation sites (N-methyl/N-ethyl adjacent to an activating group) is 1. The molecule has 4 heterocycles. The van der Waals surface area contributed by atoms with Gasteiger partial charge in [-0.2, -0.15) is 18.4 Å². The number of hydrogen-bond acceptors (Lipinski definition) is 8. The van der Waals surface area contributed by atoms with Crippen molar-refractivity contribution in [2.45, 2.75) is 63.4 Å². The van der Waals surface area contributed by atoms with E-state index >= 15 is 0 Å². The molecule has 0 unspecified atom stereocenters. The van der Waals surface area contributed by atoms with Crippen molar-refractivity contribution in [1.82, 2.24) is 20.2 Å². The van der Waals surface area contributed by atoms with Gasteiger partial charge in [0.25, 0.3) is 5.91 Å². The summed E-state index contributed by atoms with van der Waals surface area (Å²) < 4.78 is 51.7. The molecule has 2 aliphatic heterocycles. The van der Waals surface area contributed by atoms with Crippen LogP contribution in [0.2, 0.25) is 0 Å². The molecule has 0 radical (unpaired) electrons. The maximum Gasteiger partial charge on any atom is 0.416 e. The van der Waals surface area contributed by atoms with Gasteiger partial charge in [-0.25, -0.2) is 9.97 Å². The Balaban J connectivity index is 1.29. The molecule has 3 aliphatic rings. The lowest BCUT2D eigenvalue weighted by molar-refractivity contribution is -0.137. The molecule has 1 aliphatic carbocycles. The van der Waals surface area contributed by atoms with Crippen molar-refractivity contribution in [3.8, 4) is 29.0 Å². The van der Waals surface area contributed by atoms with Gasteiger partial charge < -0.3 is 24.6 Å². The molecule has 3 aromatic rings. The number of halogens is 3. The van der Waals surface area contributed by atoms with E-state index in [1.54, 1.807) is 6.20 Å². The van der Waals surface area contributed by atoms with Gasteiger partial charge in [-0.05, 0) is 88.2 Å². The maximum absolute atomic E-state index is 13.9. The minimum absolute atomic E-state index is 0.0182. The lowest BCUT2D eigenvalue weighted by atomic mass is 9.94. The average Bonchev–Trinajstić information content (AvgIpc) is 3.82. The van der Waals surface area contributed by atoms with Crippen LogP contribution in [-0.2, 0) is 6.18 Å². The SMILES string of the molecule is CCOc1ncccc1-c1ccc(N2CC[C@H](Oc3ccc(C(F)(F)F)cc3C#N)C[C@H]2C2CC2)c(C(=O)N[C@@H]2CCN(C)C2)n1. The van der Waals surface area contributed by atoms with Gasteiger partial charge >= 0.3 is 6.18 Å². The zero-order chi connectivity index (χ0) is 32.4. The standard InChI is InChI=1S/C34H37F3N6O3/c1-3-45-33-26(5-4-14-39-33)27-9-10-28(31(41-27)32(44)40-24-12-15-42(2)20-24)43-16-13-25(18-29(43)21-6-7-21)46-30-11-8-23(34(35,36)37)17-22(30)19-38/h4-5,8-11,14,17,21,24-25,29H,3,6-7,12-13,15-16,18,20H2,1-2H3,(H,40,44)/t24-,25+,29+/m1/s1. The Hall–Kier alpha value is -4.37. The summed E-state index contributed by atoms with van der Waals surface area (Å²) in [4.78, 5) is 27.7. The molecule has 0 spiro atoms. The first-order valence-corrected chi connectivity index (χ1v) is 15.8. The summed E-state index contributed by atoms with van der Waals surface area (Å²) in [6.45, 7) is 4.55. The molecule has 242 valence electrons. The number of aromatic nitrogens is 2. The number of anilines is 1. The molecule has 2 saturated heterocycles. The van der Waals surface area contributed by atoms with Gasteiger partial charge in [0.05, 0.1) is 34.7 Å². The number of nitrogens with zero attached hydrogens (tertiary/aromatic N) is 5. The third-order valence-electron chi connectivity index (χ3n) is 8.94. The predicted molar refractivity (Wildman–Crippen MR) is 166 cm³/mol. The lowest BCUT2D eigenvalue weighted by Gasteiger charge is -2.42. The maximum atomic E-state index is 13.9. The van der Waals surface area contributed by atoms with Gasteiger partial charge in [0.15, 0.2) is 5.69 Å². The van der Waals surface area contributed by atoms with E-state index in [0.717, 1.165) is 50.2 Å².